The van der Waals surface area contributed by atoms with Gasteiger partial charge in [0, 0.05) is 19.6 Å². The molecule has 1 aliphatic rings. The lowest BCUT2D eigenvalue weighted by Gasteiger charge is -2.35. The number of amides is 1. The second kappa shape index (κ2) is 10.6. The standard InChI is InChI=1S/C25H26F4N4O2/c1-2-22-21(15-31-33(22)20-9-7-19(26)8-10-20)24(34)30-16-23(32-11-13-35-14-12-32)17-3-5-18(6-4-17)25(27,28)29/h3-10,15,23H,2,11-14,16H2,1H3,(H,30,34). The minimum atomic E-state index is -4.41. The molecular weight excluding hydrogens is 464 g/mol. The number of carbonyl (C=O) groups excluding carboxylic acids is 1. The van der Waals surface area contributed by atoms with E-state index in [0.29, 0.717) is 55.2 Å². The highest BCUT2D eigenvalue weighted by atomic mass is 19.4. The van der Waals surface area contributed by atoms with Crippen LogP contribution in [0.4, 0.5) is 17.6 Å². The smallest absolute Gasteiger partial charge is 0.379 e. The Bertz CT molecular complexity index is 1140. The van der Waals surface area contributed by atoms with Gasteiger partial charge in [-0.25, -0.2) is 9.07 Å². The van der Waals surface area contributed by atoms with Crippen LogP contribution in [0.25, 0.3) is 5.69 Å². The van der Waals surface area contributed by atoms with Crippen molar-refractivity contribution in [1.29, 1.82) is 0 Å². The second-order valence-electron chi connectivity index (χ2n) is 8.24. The highest BCUT2D eigenvalue weighted by Gasteiger charge is 2.31. The van der Waals surface area contributed by atoms with Gasteiger partial charge < -0.3 is 10.1 Å². The lowest BCUT2D eigenvalue weighted by molar-refractivity contribution is -0.137. The van der Waals surface area contributed by atoms with E-state index >= 15 is 0 Å². The summed E-state index contributed by atoms with van der Waals surface area (Å²) in [5, 5.41) is 7.25. The van der Waals surface area contributed by atoms with Crippen molar-refractivity contribution in [3.05, 3.63) is 82.9 Å². The molecule has 1 aliphatic heterocycles. The topological polar surface area (TPSA) is 59.4 Å². The van der Waals surface area contributed by atoms with Crippen LogP contribution in [0.15, 0.2) is 54.7 Å². The van der Waals surface area contributed by atoms with E-state index in [0.717, 1.165) is 12.1 Å². The maximum Gasteiger partial charge on any atom is 0.416 e. The zero-order valence-electron chi connectivity index (χ0n) is 19.2. The van der Waals surface area contributed by atoms with Crippen molar-refractivity contribution in [2.75, 3.05) is 32.8 Å². The van der Waals surface area contributed by atoms with Crippen LogP contribution in [0.1, 0.15) is 40.1 Å². The first-order valence-corrected chi connectivity index (χ1v) is 11.4. The van der Waals surface area contributed by atoms with E-state index in [4.69, 9.17) is 4.74 Å². The van der Waals surface area contributed by atoms with E-state index in [9.17, 15) is 22.4 Å². The minimum Gasteiger partial charge on any atom is -0.379 e. The Balaban J connectivity index is 1.54. The van der Waals surface area contributed by atoms with Crippen molar-refractivity contribution in [3.63, 3.8) is 0 Å². The van der Waals surface area contributed by atoms with Gasteiger partial charge in [0.05, 0.1) is 48.0 Å². The average molecular weight is 491 g/mol. The highest BCUT2D eigenvalue weighted by molar-refractivity contribution is 5.95. The van der Waals surface area contributed by atoms with Gasteiger partial charge >= 0.3 is 6.18 Å². The predicted molar refractivity (Wildman–Crippen MR) is 122 cm³/mol. The molecule has 2 heterocycles. The van der Waals surface area contributed by atoms with Crippen LogP contribution in [0.2, 0.25) is 0 Å². The predicted octanol–water partition coefficient (Wildman–Crippen LogP) is 4.40. The van der Waals surface area contributed by atoms with Gasteiger partial charge in [0.15, 0.2) is 0 Å². The summed E-state index contributed by atoms with van der Waals surface area (Å²) >= 11 is 0. The van der Waals surface area contributed by atoms with Crippen molar-refractivity contribution in [1.82, 2.24) is 20.0 Å². The molecule has 1 aromatic heterocycles. The number of nitrogens with one attached hydrogen (secondary N) is 1. The maximum atomic E-state index is 13.3. The summed E-state index contributed by atoms with van der Waals surface area (Å²) in [4.78, 5) is 15.2. The fraction of sp³-hybridized carbons (Fsp3) is 0.360. The Labute approximate surface area is 200 Å². The first kappa shape index (κ1) is 24.9. The Hall–Kier alpha value is -3.24. The van der Waals surface area contributed by atoms with E-state index in [1.165, 1.54) is 30.5 Å². The molecule has 2 aromatic carbocycles. The van der Waals surface area contributed by atoms with Crippen molar-refractivity contribution < 1.29 is 27.1 Å². The molecule has 0 spiro atoms. The summed E-state index contributed by atoms with van der Waals surface area (Å²) in [6.45, 7) is 4.32. The number of rotatable bonds is 7. The number of nitrogens with zero attached hydrogens (tertiary/aromatic N) is 3. The van der Waals surface area contributed by atoms with Crippen LogP contribution in [0.3, 0.4) is 0 Å². The third kappa shape index (κ3) is 5.71. The number of alkyl halides is 3. The number of halogens is 4. The minimum absolute atomic E-state index is 0.203. The van der Waals surface area contributed by atoms with Crippen LogP contribution >= 0.6 is 0 Å². The summed E-state index contributed by atoms with van der Waals surface area (Å²) in [5.74, 6) is -0.699. The average Bonchev–Trinajstić information content (AvgIpc) is 3.29. The third-order valence-electron chi connectivity index (χ3n) is 6.08. The number of carbonyl (C=O) groups is 1. The molecule has 0 bridgehead atoms. The van der Waals surface area contributed by atoms with Gasteiger partial charge in [0.2, 0.25) is 0 Å². The summed E-state index contributed by atoms with van der Waals surface area (Å²) < 4.78 is 59.4. The molecule has 0 aliphatic carbocycles. The van der Waals surface area contributed by atoms with Gasteiger partial charge in [-0.1, -0.05) is 19.1 Å². The van der Waals surface area contributed by atoms with Crippen LogP contribution < -0.4 is 5.32 Å². The molecule has 10 heteroatoms. The quantitative estimate of drug-likeness (QED) is 0.499. The van der Waals surface area contributed by atoms with Crippen molar-refractivity contribution in [2.24, 2.45) is 0 Å². The Morgan fingerprint density at radius 2 is 1.74 bits per heavy atom. The monoisotopic (exact) mass is 490 g/mol. The fourth-order valence-electron chi connectivity index (χ4n) is 4.23. The number of morpholine rings is 1. The lowest BCUT2D eigenvalue weighted by Crippen LogP contribution is -2.43. The molecule has 1 atom stereocenters. The first-order valence-electron chi connectivity index (χ1n) is 11.4. The molecule has 186 valence electrons. The molecule has 1 fully saturated rings. The fourth-order valence-corrected chi connectivity index (χ4v) is 4.23. The molecule has 0 radical (unpaired) electrons. The van der Waals surface area contributed by atoms with Gasteiger partial charge in [-0.3, -0.25) is 9.69 Å². The molecule has 1 saturated heterocycles. The van der Waals surface area contributed by atoms with Crippen molar-refractivity contribution in [3.8, 4) is 5.69 Å². The molecule has 1 N–H and O–H groups in total. The largest absolute Gasteiger partial charge is 0.416 e. The van der Waals surface area contributed by atoms with Crippen molar-refractivity contribution in [2.45, 2.75) is 25.6 Å². The summed E-state index contributed by atoms with van der Waals surface area (Å²) in [6, 6.07) is 10.5. The maximum absolute atomic E-state index is 13.3. The Morgan fingerprint density at radius 1 is 1.09 bits per heavy atom. The first-order chi connectivity index (χ1) is 16.8. The van der Waals surface area contributed by atoms with E-state index in [1.54, 1.807) is 16.8 Å². The molecule has 1 unspecified atom stereocenters. The molecule has 4 rings (SSSR count). The zero-order valence-corrected chi connectivity index (χ0v) is 19.2. The van der Waals surface area contributed by atoms with Crippen LogP contribution in [-0.2, 0) is 17.3 Å². The number of hydrogen-bond acceptors (Lipinski definition) is 4. The number of aromatic nitrogens is 2. The molecule has 6 nitrogen and oxygen atoms in total. The van der Waals surface area contributed by atoms with Gasteiger partial charge in [0.25, 0.3) is 5.91 Å². The normalized spacial score (nSPS) is 15.7. The van der Waals surface area contributed by atoms with Gasteiger partial charge in [-0.05, 0) is 48.4 Å². The molecule has 0 saturated carbocycles. The molecule has 1 amide bonds. The number of benzene rings is 2. The lowest BCUT2D eigenvalue weighted by atomic mass is 10.0. The van der Waals surface area contributed by atoms with Gasteiger partial charge in [-0.2, -0.15) is 18.3 Å². The summed E-state index contributed by atoms with van der Waals surface area (Å²) in [7, 11) is 0. The van der Waals surface area contributed by atoms with E-state index in [-0.39, 0.29) is 24.3 Å². The van der Waals surface area contributed by atoms with Crippen LogP contribution in [0, 0.1) is 5.82 Å². The van der Waals surface area contributed by atoms with E-state index in [2.05, 4.69) is 15.3 Å². The van der Waals surface area contributed by atoms with Gasteiger partial charge in [0.1, 0.15) is 5.82 Å². The second-order valence-corrected chi connectivity index (χ2v) is 8.24. The number of ether oxygens (including phenoxy) is 1. The Morgan fingerprint density at radius 3 is 2.34 bits per heavy atom. The molecular formula is C25H26F4N4O2. The zero-order chi connectivity index (χ0) is 25.0. The number of hydrogen-bond donors (Lipinski definition) is 1. The highest BCUT2D eigenvalue weighted by Crippen LogP contribution is 2.31. The van der Waals surface area contributed by atoms with Crippen LogP contribution in [-0.4, -0.2) is 53.4 Å². The molecule has 35 heavy (non-hydrogen) atoms. The summed E-state index contributed by atoms with van der Waals surface area (Å²) in [6.07, 6.45) is -2.42. The SMILES string of the molecule is CCc1c(C(=O)NCC(c2ccc(C(F)(F)F)cc2)N2CCOCC2)cnn1-c1ccc(F)cc1. The van der Waals surface area contributed by atoms with E-state index < -0.39 is 11.7 Å². The van der Waals surface area contributed by atoms with E-state index in [1.807, 2.05) is 6.92 Å². The molecule has 3 aromatic rings. The van der Waals surface area contributed by atoms with Crippen LogP contribution in [0.5, 0.6) is 0 Å². The Kier molecular flexibility index (Phi) is 7.51. The van der Waals surface area contributed by atoms with Gasteiger partial charge in [-0.15, -0.1) is 0 Å². The van der Waals surface area contributed by atoms with Crippen molar-refractivity contribution >= 4 is 5.91 Å². The third-order valence-corrected chi connectivity index (χ3v) is 6.08. The summed E-state index contributed by atoms with van der Waals surface area (Å²) in [5.41, 5.74) is 1.67.